The number of nitrogens with zero attached hydrogens (tertiary/aromatic N) is 3. The SMILES string of the molecule is c1ccc(-c2cccc(-n3c4ccccc4c4cc(-c5ccc6c(c5)c5ccccc5n6-c5cccc(-c6nc7ccccc7s6)c5)ccc43)c2)cc1. The first-order chi connectivity index (χ1) is 26.3. The Hall–Kier alpha value is -6.75. The minimum atomic E-state index is 1.04. The normalized spacial score (nSPS) is 11.8. The van der Waals surface area contributed by atoms with Gasteiger partial charge in [-0.05, 0) is 95.1 Å². The third kappa shape index (κ3) is 4.84. The largest absolute Gasteiger partial charge is 0.309 e. The van der Waals surface area contributed by atoms with Crippen LogP contribution in [-0.2, 0) is 0 Å². The second-order valence-electron chi connectivity index (χ2n) is 13.6. The number of hydrogen-bond donors (Lipinski definition) is 0. The number of fused-ring (bicyclic) bond motifs is 7. The molecule has 0 aliphatic rings. The first-order valence-electron chi connectivity index (χ1n) is 18.0. The fourth-order valence-corrected chi connectivity index (χ4v) is 9.05. The average molecular weight is 694 g/mol. The van der Waals surface area contributed by atoms with Crippen LogP contribution in [0.3, 0.4) is 0 Å². The molecule has 3 aromatic heterocycles. The van der Waals surface area contributed by atoms with Crippen molar-refractivity contribution < 1.29 is 0 Å². The summed E-state index contributed by atoms with van der Waals surface area (Å²) in [5.41, 5.74) is 14.1. The van der Waals surface area contributed by atoms with Gasteiger partial charge < -0.3 is 9.13 Å². The van der Waals surface area contributed by atoms with Gasteiger partial charge in [0.25, 0.3) is 0 Å². The quantitative estimate of drug-likeness (QED) is 0.176. The van der Waals surface area contributed by atoms with E-state index in [4.69, 9.17) is 4.98 Å². The lowest BCUT2D eigenvalue weighted by Crippen LogP contribution is -1.94. The highest BCUT2D eigenvalue weighted by molar-refractivity contribution is 7.21. The van der Waals surface area contributed by atoms with E-state index in [2.05, 4.69) is 197 Å². The summed E-state index contributed by atoms with van der Waals surface area (Å²) < 4.78 is 6.00. The monoisotopic (exact) mass is 693 g/mol. The first kappa shape index (κ1) is 29.9. The molecule has 0 radical (unpaired) electrons. The van der Waals surface area contributed by atoms with Crippen molar-refractivity contribution >= 4 is 65.2 Å². The fourth-order valence-electron chi connectivity index (χ4n) is 8.09. The van der Waals surface area contributed by atoms with Crippen molar-refractivity contribution in [2.45, 2.75) is 0 Å². The highest BCUT2D eigenvalue weighted by atomic mass is 32.1. The number of para-hydroxylation sites is 3. The Morgan fingerprint density at radius 3 is 1.47 bits per heavy atom. The van der Waals surface area contributed by atoms with E-state index >= 15 is 0 Å². The molecule has 0 aliphatic carbocycles. The summed E-state index contributed by atoms with van der Waals surface area (Å²) >= 11 is 1.74. The molecule has 0 fully saturated rings. The molecule has 11 rings (SSSR count). The Morgan fingerprint density at radius 1 is 0.340 bits per heavy atom. The van der Waals surface area contributed by atoms with Crippen LogP contribution in [0.5, 0.6) is 0 Å². The molecular formula is C49H31N3S. The zero-order valence-corrected chi connectivity index (χ0v) is 29.5. The summed E-state index contributed by atoms with van der Waals surface area (Å²) in [4.78, 5) is 4.96. The van der Waals surface area contributed by atoms with Gasteiger partial charge in [0.05, 0.1) is 32.3 Å². The Kier molecular flexibility index (Phi) is 6.73. The van der Waals surface area contributed by atoms with Crippen LogP contribution in [0.2, 0.25) is 0 Å². The van der Waals surface area contributed by atoms with Gasteiger partial charge in [-0.2, -0.15) is 0 Å². The Labute approximate surface area is 310 Å². The van der Waals surface area contributed by atoms with Crippen molar-refractivity contribution in [1.82, 2.24) is 14.1 Å². The summed E-state index contributed by atoms with van der Waals surface area (Å²) in [5.74, 6) is 0. The number of benzene rings is 8. The van der Waals surface area contributed by atoms with Gasteiger partial charge in [-0.1, -0.05) is 115 Å². The van der Waals surface area contributed by atoms with E-state index in [9.17, 15) is 0 Å². The molecule has 53 heavy (non-hydrogen) atoms. The lowest BCUT2D eigenvalue weighted by molar-refractivity contribution is 1.18. The van der Waals surface area contributed by atoms with Crippen LogP contribution in [0.15, 0.2) is 188 Å². The van der Waals surface area contributed by atoms with Gasteiger partial charge in [0, 0.05) is 38.5 Å². The van der Waals surface area contributed by atoms with E-state index in [1.807, 2.05) is 0 Å². The third-order valence-electron chi connectivity index (χ3n) is 10.5. The van der Waals surface area contributed by atoms with Gasteiger partial charge >= 0.3 is 0 Å². The van der Waals surface area contributed by atoms with Crippen molar-refractivity contribution in [2.75, 3.05) is 0 Å². The van der Waals surface area contributed by atoms with E-state index in [1.165, 1.54) is 70.6 Å². The summed E-state index contributed by atoms with van der Waals surface area (Å²) in [7, 11) is 0. The van der Waals surface area contributed by atoms with Crippen molar-refractivity contribution in [3.63, 3.8) is 0 Å². The molecule has 8 aromatic carbocycles. The molecule has 3 nitrogen and oxygen atoms in total. The van der Waals surface area contributed by atoms with Crippen molar-refractivity contribution in [3.8, 4) is 44.2 Å². The van der Waals surface area contributed by atoms with Gasteiger partial charge in [0.1, 0.15) is 5.01 Å². The topological polar surface area (TPSA) is 22.8 Å². The van der Waals surface area contributed by atoms with Gasteiger partial charge in [-0.15, -0.1) is 11.3 Å². The molecule has 248 valence electrons. The van der Waals surface area contributed by atoms with Crippen LogP contribution in [0.1, 0.15) is 0 Å². The smallest absolute Gasteiger partial charge is 0.124 e. The molecule has 0 unspecified atom stereocenters. The fraction of sp³-hybridized carbons (Fsp3) is 0. The molecule has 0 atom stereocenters. The predicted octanol–water partition coefficient (Wildman–Crippen LogP) is 13.5. The van der Waals surface area contributed by atoms with Crippen LogP contribution < -0.4 is 0 Å². The maximum atomic E-state index is 4.96. The van der Waals surface area contributed by atoms with Crippen LogP contribution in [0, 0.1) is 0 Å². The highest BCUT2D eigenvalue weighted by Gasteiger charge is 2.17. The van der Waals surface area contributed by atoms with Crippen LogP contribution in [0.25, 0.3) is 98.0 Å². The van der Waals surface area contributed by atoms with Gasteiger partial charge in [0.15, 0.2) is 0 Å². The Morgan fingerprint density at radius 2 is 0.830 bits per heavy atom. The number of thiazole rings is 1. The molecule has 0 saturated carbocycles. The van der Waals surface area contributed by atoms with Crippen LogP contribution >= 0.6 is 11.3 Å². The minimum Gasteiger partial charge on any atom is -0.309 e. The number of hydrogen-bond acceptors (Lipinski definition) is 2. The molecule has 0 amide bonds. The summed E-state index contributed by atoms with van der Waals surface area (Å²) in [6.45, 7) is 0. The lowest BCUT2D eigenvalue weighted by atomic mass is 10.0. The Balaban J connectivity index is 1.04. The first-order valence-corrected chi connectivity index (χ1v) is 18.8. The third-order valence-corrected chi connectivity index (χ3v) is 11.6. The van der Waals surface area contributed by atoms with E-state index in [1.54, 1.807) is 11.3 Å². The molecular weight excluding hydrogens is 663 g/mol. The number of rotatable bonds is 5. The maximum Gasteiger partial charge on any atom is 0.124 e. The second kappa shape index (κ2) is 11.9. The van der Waals surface area contributed by atoms with Gasteiger partial charge in [-0.25, -0.2) is 4.98 Å². The molecule has 0 spiro atoms. The van der Waals surface area contributed by atoms with Crippen LogP contribution in [-0.4, -0.2) is 14.1 Å². The molecule has 0 N–H and O–H groups in total. The Bertz CT molecular complexity index is 3150. The zero-order chi connectivity index (χ0) is 34.9. The summed E-state index contributed by atoms with van der Waals surface area (Å²) in [5, 5.41) is 6.02. The molecule has 4 heteroatoms. The minimum absolute atomic E-state index is 1.04. The molecule has 11 aromatic rings. The summed E-state index contributed by atoms with van der Waals surface area (Å²) in [6, 6.07) is 68.0. The molecule has 0 aliphatic heterocycles. The highest BCUT2D eigenvalue weighted by Crippen LogP contribution is 2.39. The van der Waals surface area contributed by atoms with E-state index in [0.717, 1.165) is 27.5 Å². The van der Waals surface area contributed by atoms with Crippen molar-refractivity contribution in [2.24, 2.45) is 0 Å². The standard InChI is InChI=1S/C49H31N3S/c1-2-12-32(13-3-1)33-14-10-16-37(28-33)51-44-21-7-4-18-39(44)41-30-34(24-26-46(41)51)35-25-27-47-42(31-35)40-19-5-8-22-45(40)52(47)38-17-11-15-36(29-38)49-50-43-20-6-9-23-48(43)53-49/h1-31H. The van der Waals surface area contributed by atoms with Gasteiger partial charge in [0.2, 0.25) is 0 Å². The van der Waals surface area contributed by atoms with E-state index in [0.29, 0.717) is 0 Å². The number of aromatic nitrogens is 3. The van der Waals surface area contributed by atoms with Gasteiger partial charge in [-0.3, -0.25) is 0 Å². The average Bonchev–Trinajstić information content (AvgIpc) is 3.91. The zero-order valence-electron chi connectivity index (χ0n) is 28.6. The van der Waals surface area contributed by atoms with E-state index in [-0.39, 0.29) is 0 Å². The molecule has 0 saturated heterocycles. The molecule has 0 bridgehead atoms. The van der Waals surface area contributed by atoms with Crippen LogP contribution in [0.4, 0.5) is 0 Å². The second-order valence-corrected chi connectivity index (χ2v) is 14.7. The van der Waals surface area contributed by atoms with Crippen molar-refractivity contribution in [3.05, 3.63) is 188 Å². The predicted molar refractivity (Wildman–Crippen MR) is 225 cm³/mol. The molecule has 3 heterocycles. The lowest BCUT2D eigenvalue weighted by Gasteiger charge is -2.11. The summed E-state index contributed by atoms with van der Waals surface area (Å²) in [6.07, 6.45) is 0. The van der Waals surface area contributed by atoms with Crippen molar-refractivity contribution in [1.29, 1.82) is 0 Å². The van der Waals surface area contributed by atoms with E-state index < -0.39 is 0 Å². The maximum absolute atomic E-state index is 4.96.